The summed E-state index contributed by atoms with van der Waals surface area (Å²) in [4.78, 5) is 8.22. The van der Waals surface area contributed by atoms with Crippen LogP contribution in [0.4, 0.5) is 17.1 Å². The number of nitrogens with one attached hydrogen (secondary N) is 1. The van der Waals surface area contributed by atoms with Crippen LogP contribution in [0.1, 0.15) is 11.1 Å². The van der Waals surface area contributed by atoms with Crippen molar-refractivity contribution in [1.82, 2.24) is 4.98 Å². The Bertz CT molecular complexity index is 1400. The normalized spacial score (nSPS) is 17.7. The number of aryl methyl sites for hydroxylation is 1. The van der Waals surface area contributed by atoms with Crippen molar-refractivity contribution < 1.29 is 0 Å². The zero-order valence-electron chi connectivity index (χ0n) is 18.7. The molecule has 3 aromatic carbocycles. The van der Waals surface area contributed by atoms with Crippen LogP contribution in [0.3, 0.4) is 0 Å². The number of para-hydroxylation sites is 3. The molecular weight excluding hydrogens is 454 g/mol. The van der Waals surface area contributed by atoms with Gasteiger partial charge in [0.1, 0.15) is 5.03 Å². The molecule has 0 spiro atoms. The van der Waals surface area contributed by atoms with Crippen LogP contribution >= 0.6 is 23.5 Å². The van der Waals surface area contributed by atoms with E-state index in [9.17, 15) is 0 Å². The zero-order valence-corrected chi connectivity index (χ0v) is 20.3. The van der Waals surface area contributed by atoms with Gasteiger partial charge < -0.3 is 10.2 Å². The van der Waals surface area contributed by atoms with Gasteiger partial charge in [0, 0.05) is 22.3 Å². The Labute approximate surface area is 208 Å². The van der Waals surface area contributed by atoms with Crippen LogP contribution in [-0.2, 0) is 0 Å². The molecule has 0 saturated carbocycles. The number of aromatic nitrogens is 1. The van der Waals surface area contributed by atoms with E-state index in [1.54, 1.807) is 11.8 Å². The Balaban J connectivity index is 1.45. The third-order valence-corrected chi connectivity index (χ3v) is 7.98. The fourth-order valence-electron chi connectivity index (χ4n) is 4.35. The summed E-state index contributed by atoms with van der Waals surface area (Å²) in [5, 5.41) is 6.00. The molecule has 1 aromatic heterocycles. The van der Waals surface area contributed by atoms with Gasteiger partial charge in [-0.05, 0) is 66.6 Å². The molecular formula is C29H23N3S2. The minimum atomic E-state index is 0.180. The minimum absolute atomic E-state index is 0.180. The van der Waals surface area contributed by atoms with E-state index in [0.29, 0.717) is 0 Å². The molecule has 0 bridgehead atoms. The molecule has 5 heteroatoms. The van der Waals surface area contributed by atoms with Crippen molar-refractivity contribution >= 4 is 46.2 Å². The van der Waals surface area contributed by atoms with Crippen molar-refractivity contribution in [2.45, 2.75) is 22.2 Å². The summed E-state index contributed by atoms with van der Waals surface area (Å²) in [6.07, 6.45) is 6.50. The average Bonchev–Trinajstić information content (AvgIpc) is 3.29. The molecule has 2 aliphatic rings. The number of anilines is 3. The van der Waals surface area contributed by atoms with E-state index in [4.69, 9.17) is 0 Å². The summed E-state index contributed by atoms with van der Waals surface area (Å²) in [7, 11) is 0. The molecule has 166 valence electrons. The highest BCUT2D eigenvalue weighted by atomic mass is 32.2. The predicted molar refractivity (Wildman–Crippen MR) is 146 cm³/mol. The lowest BCUT2D eigenvalue weighted by Crippen LogP contribution is -2.20. The van der Waals surface area contributed by atoms with Crippen molar-refractivity contribution in [2.24, 2.45) is 0 Å². The molecule has 4 aromatic rings. The fraction of sp³-hybridized carbons (Fsp3) is 0.0690. The SMILES string of the molecule is Cc1cccc2c1NC(C=C1C=C(Sc3ccccn3)N(c3ccccc3)c3ccccc31)S2. The monoisotopic (exact) mass is 477 g/mol. The van der Waals surface area contributed by atoms with Crippen LogP contribution in [0.2, 0.25) is 0 Å². The van der Waals surface area contributed by atoms with Gasteiger partial charge in [0.05, 0.1) is 21.8 Å². The van der Waals surface area contributed by atoms with Crippen LogP contribution in [0.15, 0.2) is 124 Å². The molecule has 1 atom stereocenters. The number of fused-ring (bicyclic) bond motifs is 2. The summed E-state index contributed by atoms with van der Waals surface area (Å²) < 4.78 is 0. The standard InChI is InChI=1S/C29H23N3S2/c1-20-10-9-15-25-29(20)31-27(33-25)18-21-19-28(34-26-16-7-8-17-30-26)32(22-11-3-2-4-12-22)24-14-6-5-13-23(21)24/h2-19,27,31H,1H3. The molecule has 1 unspecified atom stereocenters. The topological polar surface area (TPSA) is 28.2 Å². The molecule has 0 saturated heterocycles. The third-order valence-electron chi connectivity index (χ3n) is 5.92. The molecule has 34 heavy (non-hydrogen) atoms. The Kier molecular flexibility index (Phi) is 5.65. The van der Waals surface area contributed by atoms with E-state index >= 15 is 0 Å². The van der Waals surface area contributed by atoms with Gasteiger partial charge in [-0.3, -0.25) is 0 Å². The first-order valence-electron chi connectivity index (χ1n) is 11.3. The van der Waals surface area contributed by atoms with Gasteiger partial charge >= 0.3 is 0 Å². The summed E-state index contributed by atoms with van der Waals surface area (Å²) in [5.41, 5.74) is 7.30. The molecule has 3 nitrogen and oxygen atoms in total. The van der Waals surface area contributed by atoms with Gasteiger partial charge in [-0.15, -0.1) is 0 Å². The van der Waals surface area contributed by atoms with Gasteiger partial charge in [0.25, 0.3) is 0 Å². The van der Waals surface area contributed by atoms with Gasteiger partial charge in [-0.2, -0.15) is 0 Å². The molecule has 3 heterocycles. The zero-order chi connectivity index (χ0) is 22.9. The van der Waals surface area contributed by atoms with Crippen LogP contribution in [0, 0.1) is 6.92 Å². The largest absolute Gasteiger partial charge is 0.369 e. The first kappa shape index (κ1) is 21.1. The highest BCUT2D eigenvalue weighted by molar-refractivity contribution is 8.03. The van der Waals surface area contributed by atoms with Crippen LogP contribution < -0.4 is 10.2 Å². The number of pyridine rings is 1. The van der Waals surface area contributed by atoms with Gasteiger partial charge in [0.2, 0.25) is 0 Å². The number of benzene rings is 3. The van der Waals surface area contributed by atoms with E-state index in [1.807, 2.05) is 30.1 Å². The predicted octanol–water partition coefficient (Wildman–Crippen LogP) is 8.10. The third kappa shape index (κ3) is 4.02. The van der Waals surface area contributed by atoms with E-state index in [-0.39, 0.29) is 5.37 Å². The number of rotatable bonds is 4. The Hall–Kier alpha value is -3.41. The first-order valence-corrected chi connectivity index (χ1v) is 13.0. The summed E-state index contributed by atoms with van der Waals surface area (Å²) in [6, 6.07) is 31.8. The Morgan fingerprint density at radius 3 is 2.56 bits per heavy atom. The number of hydrogen-bond donors (Lipinski definition) is 1. The number of thioether (sulfide) groups is 2. The number of nitrogens with zero attached hydrogens (tertiary/aromatic N) is 2. The minimum Gasteiger partial charge on any atom is -0.369 e. The second-order valence-corrected chi connectivity index (χ2v) is 10.4. The van der Waals surface area contributed by atoms with E-state index in [1.165, 1.54) is 33.0 Å². The number of hydrogen-bond acceptors (Lipinski definition) is 5. The van der Waals surface area contributed by atoms with E-state index in [0.717, 1.165) is 15.7 Å². The highest BCUT2D eigenvalue weighted by Gasteiger charge is 2.27. The Morgan fingerprint density at radius 1 is 0.912 bits per heavy atom. The van der Waals surface area contributed by atoms with E-state index < -0.39 is 0 Å². The fourth-order valence-corrected chi connectivity index (χ4v) is 6.46. The molecule has 0 amide bonds. The molecule has 0 aliphatic carbocycles. The maximum atomic E-state index is 4.58. The van der Waals surface area contributed by atoms with Crippen molar-refractivity contribution in [2.75, 3.05) is 10.2 Å². The second kappa shape index (κ2) is 9.09. The second-order valence-electron chi connectivity index (χ2n) is 8.19. The smallest absolute Gasteiger partial charge is 0.102 e. The average molecular weight is 478 g/mol. The summed E-state index contributed by atoms with van der Waals surface area (Å²) in [5.74, 6) is 0. The van der Waals surface area contributed by atoms with Crippen molar-refractivity contribution in [3.63, 3.8) is 0 Å². The van der Waals surface area contributed by atoms with E-state index in [2.05, 4.69) is 113 Å². The lowest BCUT2D eigenvalue weighted by Gasteiger charge is -2.33. The van der Waals surface area contributed by atoms with Crippen LogP contribution in [0.5, 0.6) is 0 Å². The quantitative estimate of drug-likeness (QED) is 0.320. The lowest BCUT2D eigenvalue weighted by atomic mass is 9.99. The van der Waals surface area contributed by atoms with Crippen LogP contribution in [0.25, 0.3) is 5.57 Å². The molecule has 1 N–H and O–H groups in total. The van der Waals surface area contributed by atoms with Gasteiger partial charge in [-0.25, -0.2) is 4.98 Å². The van der Waals surface area contributed by atoms with Crippen molar-refractivity contribution in [3.8, 4) is 0 Å². The molecule has 2 aliphatic heterocycles. The Morgan fingerprint density at radius 2 is 1.74 bits per heavy atom. The first-order chi connectivity index (χ1) is 16.8. The molecule has 0 radical (unpaired) electrons. The number of allylic oxidation sites excluding steroid dienone is 2. The maximum absolute atomic E-state index is 4.58. The highest BCUT2D eigenvalue weighted by Crippen LogP contribution is 2.47. The van der Waals surface area contributed by atoms with Crippen LogP contribution in [-0.4, -0.2) is 10.4 Å². The maximum Gasteiger partial charge on any atom is 0.102 e. The van der Waals surface area contributed by atoms with Crippen molar-refractivity contribution in [3.05, 3.63) is 126 Å². The van der Waals surface area contributed by atoms with Crippen molar-refractivity contribution in [1.29, 1.82) is 0 Å². The lowest BCUT2D eigenvalue weighted by molar-refractivity contribution is 1.13. The summed E-state index contributed by atoms with van der Waals surface area (Å²) >= 11 is 3.56. The van der Waals surface area contributed by atoms with Gasteiger partial charge in [0.15, 0.2) is 0 Å². The summed E-state index contributed by atoms with van der Waals surface area (Å²) in [6.45, 7) is 2.16. The molecule has 6 rings (SSSR count). The molecule has 0 fully saturated rings. The van der Waals surface area contributed by atoms with Gasteiger partial charge in [-0.1, -0.05) is 78.1 Å².